The highest BCUT2D eigenvalue weighted by Gasteiger charge is 2.34. The summed E-state index contributed by atoms with van der Waals surface area (Å²) in [6, 6.07) is 7.36. The quantitative estimate of drug-likeness (QED) is 0.888. The molecule has 2 aliphatic rings. The minimum Gasteiger partial charge on any atom is -0.481 e. The van der Waals surface area contributed by atoms with E-state index >= 15 is 0 Å². The molecule has 1 N–H and O–H groups in total. The van der Waals surface area contributed by atoms with Gasteiger partial charge in [0.05, 0.1) is 16.6 Å². The minimum absolute atomic E-state index is 0.153. The predicted octanol–water partition coefficient (Wildman–Crippen LogP) is 2.73. The van der Waals surface area contributed by atoms with Gasteiger partial charge in [0.1, 0.15) is 5.82 Å². The molecule has 1 amide bonds. The first-order valence-electron chi connectivity index (χ1n) is 8.78. The summed E-state index contributed by atoms with van der Waals surface area (Å²) in [4.78, 5) is 30.0. The molecule has 0 bridgehead atoms. The molecular weight excluding hydrogens is 356 g/mol. The van der Waals surface area contributed by atoms with Gasteiger partial charge in [-0.15, -0.1) is 5.10 Å². The third-order valence-corrected chi connectivity index (χ3v) is 5.30. The lowest BCUT2D eigenvalue weighted by molar-refractivity contribution is -0.143. The molecule has 1 aliphatic carbocycles. The van der Waals surface area contributed by atoms with Gasteiger partial charge < -0.3 is 10.0 Å². The van der Waals surface area contributed by atoms with Crippen LogP contribution in [0.2, 0.25) is 5.02 Å². The van der Waals surface area contributed by atoms with E-state index in [-0.39, 0.29) is 17.6 Å². The van der Waals surface area contributed by atoms with E-state index in [1.807, 2.05) is 18.2 Å². The van der Waals surface area contributed by atoms with Crippen LogP contribution in [0.15, 0.2) is 24.3 Å². The van der Waals surface area contributed by atoms with Gasteiger partial charge in [-0.25, -0.2) is 9.67 Å². The van der Waals surface area contributed by atoms with E-state index in [2.05, 4.69) is 10.1 Å². The van der Waals surface area contributed by atoms with Crippen molar-refractivity contribution in [2.45, 2.75) is 31.6 Å². The second kappa shape index (κ2) is 6.72. The summed E-state index contributed by atoms with van der Waals surface area (Å²) >= 11 is 6.30. The number of para-hydroxylation sites is 1. The largest absolute Gasteiger partial charge is 0.481 e. The number of rotatable bonds is 4. The van der Waals surface area contributed by atoms with Gasteiger partial charge in [-0.2, -0.15) is 0 Å². The van der Waals surface area contributed by atoms with E-state index in [0.717, 1.165) is 18.7 Å². The molecule has 8 heteroatoms. The number of halogens is 1. The van der Waals surface area contributed by atoms with Crippen LogP contribution < -0.4 is 0 Å². The summed E-state index contributed by atoms with van der Waals surface area (Å²) in [7, 11) is 0. The molecule has 1 aromatic carbocycles. The number of nitrogens with zero attached hydrogens (tertiary/aromatic N) is 4. The van der Waals surface area contributed by atoms with E-state index in [0.29, 0.717) is 42.6 Å². The average Bonchev–Trinajstić information content (AvgIpc) is 3.40. The summed E-state index contributed by atoms with van der Waals surface area (Å²) in [5.41, 5.74) is 0.715. The second-order valence-electron chi connectivity index (χ2n) is 6.84. The normalized spacial score (nSPS) is 18.1. The van der Waals surface area contributed by atoms with Crippen LogP contribution in [0.5, 0.6) is 0 Å². The number of likely N-dealkylation sites (tertiary alicyclic amines) is 1. The lowest BCUT2D eigenvalue weighted by Gasteiger charge is -2.29. The molecular formula is C18H19ClN4O3. The number of carboxylic acids is 1. The van der Waals surface area contributed by atoms with Crippen LogP contribution in [0.4, 0.5) is 0 Å². The lowest BCUT2D eigenvalue weighted by atomic mass is 9.97. The van der Waals surface area contributed by atoms with Crippen LogP contribution >= 0.6 is 11.6 Å². The Hall–Kier alpha value is -2.41. The van der Waals surface area contributed by atoms with Crippen LogP contribution in [-0.2, 0) is 4.79 Å². The van der Waals surface area contributed by atoms with Gasteiger partial charge in [0.2, 0.25) is 5.82 Å². The molecule has 0 atom stereocenters. The van der Waals surface area contributed by atoms with Crippen molar-refractivity contribution in [3.05, 3.63) is 40.9 Å². The van der Waals surface area contributed by atoms with Crippen LogP contribution in [0.3, 0.4) is 0 Å². The second-order valence-corrected chi connectivity index (χ2v) is 7.24. The van der Waals surface area contributed by atoms with Gasteiger partial charge in [-0.3, -0.25) is 9.59 Å². The predicted molar refractivity (Wildman–Crippen MR) is 94.6 cm³/mol. The number of piperidine rings is 1. The third-order valence-electron chi connectivity index (χ3n) is 4.98. The zero-order valence-electron chi connectivity index (χ0n) is 14.1. The Bertz CT molecular complexity index is 854. The number of amides is 1. The number of aromatic nitrogens is 3. The first-order chi connectivity index (χ1) is 12.5. The highest BCUT2D eigenvalue weighted by Crippen LogP contribution is 2.40. The molecule has 2 heterocycles. The molecule has 7 nitrogen and oxygen atoms in total. The fraction of sp³-hybridized carbons (Fsp3) is 0.444. The molecule has 1 saturated heterocycles. The van der Waals surface area contributed by atoms with Crippen molar-refractivity contribution in [3.8, 4) is 5.69 Å². The Morgan fingerprint density at radius 3 is 2.42 bits per heavy atom. The van der Waals surface area contributed by atoms with Crippen molar-refractivity contribution in [2.24, 2.45) is 5.92 Å². The van der Waals surface area contributed by atoms with Gasteiger partial charge >= 0.3 is 5.97 Å². The first kappa shape index (κ1) is 17.0. The van der Waals surface area contributed by atoms with Gasteiger partial charge in [0.25, 0.3) is 5.91 Å². The third kappa shape index (κ3) is 3.19. The molecule has 26 heavy (non-hydrogen) atoms. The Labute approximate surface area is 155 Å². The van der Waals surface area contributed by atoms with Gasteiger partial charge in [0.15, 0.2) is 0 Å². The highest BCUT2D eigenvalue weighted by atomic mass is 35.5. The summed E-state index contributed by atoms with van der Waals surface area (Å²) in [5.74, 6) is -0.203. The van der Waals surface area contributed by atoms with Crippen molar-refractivity contribution >= 4 is 23.5 Å². The van der Waals surface area contributed by atoms with Crippen molar-refractivity contribution in [1.82, 2.24) is 19.7 Å². The number of carbonyl (C=O) groups excluding carboxylic acids is 1. The zero-order chi connectivity index (χ0) is 18.3. The smallest absolute Gasteiger partial charge is 0.306 e. The van der Waals surface area contributed by atoms with Gasteiger partial charge in [0, 0.05) is 19.0 Å². The number of hydrogen-bond donors (Lipinski definition) is 1. The maximum Gasteiger partial charge on any atom is 0.306 e. The summed E-state index contributed by atoms with van der Waals surface area (Å²) in [6.45, 7) is 0.824. The standard InChI is InChI=1S/C18H19ClN4O3/c19-13-3-1-2-4-14(13)23-16(11-5-6-11)20-15(21-23)17(24)22-9-7-12(8-10-22)18(25)26/h1-4,11-12H,5-10H2,(H,25,26). The fourth-order valence-corrected chi connectivity index (χ4v) is 3.51. The Kier molecular flexibility index (Phi) is 4.40. The molecule has 2 aromatic rings. The highest BCUT2D eigenvalue weighted by molar-refractivity contribution is 6.32. The summed E-state index contributed by atoms with van der Waals surface area (Å²) < 4.78 is 1.68. The van der Waals surface area contributed by atoms with Crippen molar-refractivity contribution < 1.29 is 14.7 Å². The molecule has 0 spiro atoms. The molecule has 1 aromatic heterocycles. The monoisotopic (exact) mass is 374 g/mol. The van der Waals surface area contributed by atoms with Crippen LogP contribution in [0.25, 0.3) is 5.69 Å². The van der Waals surface area contributed by atoms with E-state index in [1.54, 1.807) is 15.6 Å². The molecule has 4 rings (SSSR count). The molecule has 0 unspecified atom stereocenters. The fourth-order valence-electron chi connectivity index (χ4n) is 3.29. The van der Waals surface area contributed by atoms with Crippen molar-refractivity contribution in [1.29, 1.82) is 0 Å². The Morgan fingerprint density at radius 2 is 1.81 bits per heavy atom. The van der Waals surface area contributed by atoms with E-state index in [9.17, 15) is 9.59 Å². The molecule has 0 radical (unpaired) electrons. The first-order valence-corrected chi connectivity index (χ1v) is 9.16. The SMILES string of the molecule is O=C(O)C1CCN(C(=O)c2nc(C3CC3)n(-c3ccccc3Cl)n2)CC1. The van der Waals surface area contributed by atoms with Crippen molar-refractivity contribution in [3.63, 3.8) is 0 Å². The number of carboxylic acid groups (broad SMARTS) is 1. The lowest BCUT2D eigenvalue weighted by Crippen LogP contribution is -2.40. The molecule has 2 fully saturated rings. The maximum absolute atomic E-state index is 12.8. The molecule has 1 aliphatic heterocycles. The van der Waals surface area contributed by atoms with Crippen molar-refractivity contribution in [2.75, 3.05) is 13.1 Å². The van der Waals surface area contributed by atoms with E-state index in [4.69, 9.17) is 16.7 Å². The number of hydrogen-bond acceptors (Lipinski definition) is 4. The molecule has 136 valence electrons. The zero-order valence-corrected chi connectivity index (χ0v) is 14.9. The van der Waals surface area contributed by atoms with Gasteiger partial charge in [-0.1, -0.05) is 23.7 Å². The Morgan fingerprint density at radius 1 is 1.12 bits per heavy atom. The number of benzene rings is 1. The number of aliphatic carboxylic acids is 1. The topological polar surface area (TPSA) is 88.3 Å². The van der Waals surface area contributed by atoms with E-state index < -0.39 is 5.97 Å². The minimum atomic E-state index is -0.797. The summed E-state index contributed by atoms with van der Waals surface area (Å²) in [5, 5.41) is 14.1. The Balaban J connectivity index is 1.60. The maximum atomic E-state index is 12.8. The van der Waals surface area contributed by atoms with Crippen LogP contribution in [0.1, 0.15) is 48.0 Å². The van der Waals surface area contributed by atoms with Crippen LogP contribution in [-0.4, -0.2) is 49.7 Å². The van der Waals surface area contributed by atoms with Crippen LogP contribution in [0, 0.1) is 5.92 Å². The number of carbonyl (C=O) groups is 2. The van der Waals surface area contributed by atoms with Gasteiger partial charge in [-0.05, 0) is 37.8 Å². The summed E-state index contributed by atoms with van der Waals surface area (Å²) in [6.07, 6.45) is 2.98. The molecule has 1 saturated carbocycles. The van der Waals surface area contributed by atoms with E-state index in [1.165, 1.54) is 0 Å². The average molecular weight is 375 g/mol.